The lowest BCUT2D eigenvalue weighted by molar-refractivity contribution is -0.122. The second kappa shape index (κ2) is 7.06. The standard InChI is InChI=1S/C28H21NO3/c30-20-13-11-19(12-14-20)29-27(31)25-21-15-16-22(26(25)28(29)32)24(21)23(17-7-3-1-4-8-17)18-9-5-2-6-10-18/h1-16,21-22,25-26,30H/t21-,22-,25-,26-/m0/s1. The van der Waals surface area contributed by atoms with Crippen molar-refractivity contribution in [1.82, 2.24) is 0 Å². The van der Waals surface area contributed by atoms with Crippen LogP contribution in [0.2, 0.25) is 0 Å². The summed E-state index contributed by atoms with van der Waals surface area (Å²) in [6.45, 7) is 0. The molecule has 3 aromatic rings. The van der Waals surface area contributed by atoms with Gasteiger partial charge in [-0.25, -0.2) is 4.90 Å². The lowest BCUT2D eigenvalue weighted by Gasteiger charge is -2.21. The predicted octanol–water partition coefficient (Wildman–Crippen LogP) is 4.82. The fraction of sp³-hybridized carbons (Fsp3) is 0.143. The van der Waals surface area contributed by atoms with Crippen molar-refractivity contribution in [1.29, 1.82) is 0 Å². The number of aromatic hydroxyl groups is 1. The number of carbonyl (C=O) groups is 2. The molecule has 0 unspecified atom stereocenters. The first-order valence-corrected chi connectivity index (χ1v) is 10.9. The van der Waals surface area contributed by atoms with Crippen LogP contribution < -0.4 is 4.90 Å². The average molecular weight is 419 g/mol. The van der Waals surface area contributed by atoms with E-state index in [0.717, 1.165) is 16.7 Å². The van der Waals surface area contributed by atoms with E-state index in [9.17, 15) is 14.7 Å². The molecule has 2 amide bonds. The fourth-order valence-electron chi connectivity index (χ4n) is 5.66. The van der Waals surface area contributed by atoms with Gasteiger partial charge in [-0.2, -0.15) is 0 Å². The quantitative estimate of drug-likeness (QED) is 0.489. The number of fused-ring (bicyclic) bond motifs is 5. The van der Waals surface area contributed by atoms with Gasteiger partial charge in [0.1, 0.15) is 5.75 Å². The molecule has 3 aromatic carbocycles. The number of benzene rings is 3. The summed E-state index contributed by atoms with van der Waals surface area (Å²) in [5.74, 6) is -1.17. The van der Waals surface area contributed by atoms with Gasteiger partial charge in [-0.05, 0) is 46.5 Å². The maximum Gasteiger partial charge on any atom is 0.238 e. The number of anilines is 1. The number of allylic oxidation sites excluding steroid dienone is 3. The van der Waals surface area contributed by atoms with Crippen LogP contribution in [0.15, 0.2) is 103 Å². The topological polar surface area (TPSA) is 57.6 Å². The molecular weight excluding hydrogens is 398 g/mol. The first-order chi connectivity index (χ1) is 15.6. The lowest BCUT2D eigenvalue weighted by Crippen LogP contribution is -2.33. The van der Waals surface area contributed by atoms with Gasteiger partial charge >= 0.3 is 0 Å². The van der Waals surface area contributed by atoms with E-state index in [0.29, 0.717) is 5.69 Å². The van der Waals surface area contributed by atoms with E-state index >= 15 is 0 Å². The molecule has 1 aliphatic heterocycles. The number of amides is 2. The minimum atomic E-state index is -0.385. The predicted molar refractivity (Wildman–Crippen MR) is 123 cm³/mol. The van der Waals surface area contributed by atoms with E-state index in [2.05, 4.69) is 36.4 Å². The molecular formula is C28H21NO3. The third-order valence-corrected chi connectivity index (χ3v) is 6.94. The molecule has 0 aromatic heterocycles. The molecule has 0 radical (unpaired) electrons. The van der Waals surface area contributed by atoms with Crippen LogP contribution >= 0.6 is 0 Å². The minimum absolute atomic E-state index is 0.0982. The molecule has 156 valence electrons. The zero-order chi connectivity index (χ0) is 21.8. The van der Waals surface area contributed by atoms with E-state index in [1.807, 2.05) is 36.4 Å². The summed E-state index contributed by atoms with van der Waals surface area (Å²) >= 11 is 0. The molecule has 4 atom stereocenters. The number of phenolic OH excluding ortho intramolecular Hbond substituents is 1. The molecule has 3 aliphatic rings. The fourth-order valence-corrected chi connectivity index (χ4v) is 5.66. The lowest BCUT2D eigenvalue weighted by atomic mass is 9.85. The maximum atomic E-state index is 13.5. The molecule has 1 heterocycles. The number of imide groups is 1. The second-order valence-electron chi connectivity index (χ2n) is 8.58. The van der Waals surface area contributed by atoms with Crippen molar-refractivity contribution in [2.75, 3.05) is 4.90 Å². The molecule has 1 saturated carbocycles. The van der Waals surface area contributed by atoms with Crippen molar-refractivity contribution in [3.63, 3.8) is 0 Å². The summed E-state index contributed by atoms with van der Waals surface area (Å²) in [6.07, 6.45) is 4.22. The molecule has 2 bridgehead atoms. The number of rotatable bonds is 3. The maximum absolute atomic E-state index is 13.5. The molecule has 1 saturated heterocycles. The van der Waals surface area contributed by atoms with Gasteiger partial charge in [0.15, 0.2) is 0 Å². The Morgan fingerprint density at radius 1 is 0.656 bits per heavy atom. The van der Waals surface area contributed by atoms with Crippen LogP contribution in [-0.2, 0) is 9.59 Å². The highest BCUT2D eigenvalue weighted by Gasteiger charge is 2.62. The Morgan fingerprint density at radius 3 is 1.59 bits per heavy atom. The summed E-state index contributed by atoms with van der Waals surface area (Å²) in [5, 5.41) is 9.59. The third kappa shape index (κ3) is 2.62. The smallest absolute Gasteiger partial charge is 0.238 e. The average Bonchev–Trinajstić information content (AvgIpc) is 3.46. The minimum Gasteiger partial charge on any atom is -0.508 e. The van der Waals surface area contributed by atoms with Crippen LogP contribution in [0.5, 0.6) is 5.75 Å². The zero-order valence-electron chi connectivity index (χ0n) is 17.3. The molecule has 4 nitrogen and oxygen atoms in total. The van der Waals surface area contributed by atoms with Gasteiger partial charge in [0.25, 0.3) is 0 Å². The highest BCUT2D eigenvalue weighted by atomic mass is 16.3. The Kier molecular flexibility index (Phi) is 4.15. The third-order valence-electron chi connectivity index (χ3n) is 6.94. The molecule has 0 spiro atoms. The molecule has 2 aliphatic carbocycles. The highest BCUT2D eigenvalue weighted by molar-refractivity contribution is 6.23. The second-order valence-corrected chi connectivity index (χ2v) is 8.58. The van der Waals surface area contributed by atoms with Gasteiger partial charge in [0.2, 0.25) is 11.8 Å². The van der Waals surface area contributed by atoms with Crippen LogP contribution in [0.25, 0.3) is 5.57 Å². The van der Waals surface area contributed by atoms with Crippen LogP contribution in [0.3, 0.4) is 0 Å². The van der Waals surface area contributed by atoms with Crippen molar-refractivity contribution >= 4 is 23.1 Å². The zero-order valence-corrected chi connectivity index (χ0v) is 17.3. The number of phenols is 1. The Bertz CT molecular complexity index is 1200. The molecule has 1 N–H and O–H groups in total. The molecule has 4 heteroatoms. The molecule has 2 fully saturated rings. The van der Waals surface area contributed by atoms with Gasteiger partial charge in [-0.15, -0.1) is 0 Å². The highest BCUT2D eigenvalue weighted by Crippen LogP contribution is 2.58. The van der Waals surface area contributed by atoms with E-state index in [1.165, 1.54) is 22.6 Å². The summed E-state index contributed by atoms with van der Waals surface area (Å²) in [7, 11) is 0. The van der Waals surface area contributed by atoms with Crippen LogP contribution in [0.1, 0.15) is 11.1 Å². The van der Waals surface area contributed by atoms with Gasteiger partial charge in [-0.3, -0.25) is 9.59 Å². The van der Waals surface area contributed by atoms with Gasteiger partial charge in [0, 0.05) is 11.8 Å². The Morgan fingerprint density at radius 2 is 1.12 bits per heavy atom. The largest absolute Gasteiger partial charge is 0.508 e. The van der Waals surface area contributed by atoms with Crippen molar-refractivity contribution in [2.24, 2.45) is 23.7 Å². The summed E-state index contributed by atoms with van der Waals surface area (Å²) in [6, 6.07) is 26.7. The number of carbonyl (C=O) groups excluding carboxylic acids is 2. The summed E-state index contributed by atoms with van der Waals surface area (Å²) in [4.78, 5) is 28.3. The molecule has 6 rings (SSSR count). The molecule has 32 heavy (non-hydrogen) atoms. The van der Waals surface area contributed by atoms with Gasteiger partial charge < -0.3 is 5.11 Å². The first-order valence-electron chi connectivity index (χ1n) is 10.9. The van der Waals surface area contributed by atoms with E-state index in [-0.39, 0.29) is 41.2 Å². The SMILES string of the molecule is O=C1[C@@H]2[C@@H](C(=O)N1c1ccc(O)cc1)[C@H]1C=C[C@H]2C1=C(c1ccccc1)c1ccccc1. The Balaban J connectivity index is 1.48. The summed E-state index contributed by atoms with van der Waals surface area (Å²) in [5.41, 5.74) is 5.01. The van der Waals surface area contributed by atoms with Crippen LogP contribution in [-0.4, -0.2) is 16.9 Å². The van der Waals surface area contributed by atoms with Crippen molar-refractivity contribution < 1.29 is 14.7 Å². The van der Waals surface area contributed by atoms with Gasteiger partial charge in [-0.1, -0.05) is 72.8 Å². The monoisotopic (exact) mass is 419 g/mol. The van der Waals surface area contributed by atoms with E-state index in [4.69, 9.17) is 0 Å². The first kappa shape index (κ1) is 18.8. The van der Waals surface area contributed by atoms with Gasteiger partial charge in [0.05, 0.1) is 17.5 Å². The van der Waals surface area contributed by atoms with E-state index < -0.39 is 0 Å². The number of hydrogen-bond donors (Lipinski definition) is 1. The van der Waals surface area contributed by atoms with Crippen molar-refractivity contribution in [3.05, 3.63) is 114 Å². The van der Waals surface area contributed by atoms with Crippen LogP contribution in [0.4, 0.5) is 5.69 Å². The van der Waals surface area contributed by atoms with E-state index in [1.54, 1.807) is 12.1 Å². The number of hydrogen-bond acceptors (Lipinski definition) is 3. The summed E-state index contributed by atoms with van der Waals surface area (Å²) < 4.78 is 0. The van der Waals surface area contributed by atoms with Crippen LogP contribution in [0, 0.1) is 23.7 Å². The van der Waals surface area contributed by atoms with Crippen molar-refractivity contribution in [3.8, 4) is 5.75 Å². The normalized spacial score (nSPS) is 25.5. The number of nitrogens with zero attached hydrogens (tertiary/aromatic N) is 1. The van der Waals surface area contributed by atoms with Crippen molar-refractivity contribution in [2.45, 2.75) is 0 Å². The Hall–Kier alpha value is -3.92. The Labute approximate surface area is 186 Å².